The zero-order chi connectivity index (χ0) is 14.0. The van der Waals surface area contributed by atoms with Crippen LogP contribution in [0.3, 0.4) is 0 Å². The molecule has 0 bridgehead atoms. The Morgan fingerprint density at radius 2 is 2.00 bits per heavy atom. The topological polar surface area (TPSA) is 52.5 Å². The van der Waals surface area contributed by atoms with E-state index in [1.54, 1.807) is 18.2 Å². The SMILES string of the molecule is Cc1[nH]c(C(C#N)C(C)C)nc1-c1ccccc1F. The molecule has 3 nitrogen and oxygen atoms in total. The van der Waals surface area contributed by atoms with E-state index in [1.807, 2.05) is 20.8 Å². The Kier molecular flexibility index (Phi) is 3.66. The molecule has 1 heterocycles. The van der Waals surface area contributed by atoms with E-state index in [0.29, 0.717) is 17.1 Å². The number of hydrogen-bond acceptors (Lipinski definition) is 2. The molecule has 1 aromatic carbocycles. The highest BCUT2D eigenvalue weighted by molar-refractivity contribution is 5.62. The lowest BCUT2D eigenvalue weighted by Gasteiger charge is -2.08. The smallest absolute Gasteiger partial charge is 0.132 e. The molecule has 0 fully saturated rings. The second-order valence-corrected chi connectivity index (χ2v) is 4.93. The minimum Gasteiger partial charge on any atom is -0.344 e. The number of H-pyrrole nitrogens is 1. The summed E-state index contributed by atoms with van der Waals surface area (Å²) < 4.78 is 13.8. The van der Waals surface area contributed by atoms with Crippen molar-refractivity contribution in [2.24, 2.45) is 5.92 Å². The lowest BCUT2D eigenvalue weighted by molar-refractivity contribution is 0.565. The van der Waals surface area contributed by atoms with Crippen LogP contribution < -0.4 is 0 Å². The first-order valence-corrected chi connectivity index (χ1v) is 6.25. The van der Waals surface area contributed by atoms with E-state index in [0.717, 1.165) is 5.69 Å². The number of imidazole rings is 1. The van der Waals surface area contributed by atoms with Gasteiger partial charge in [0.25, 0.3) is 0 Å². The van der Waals surface area contributed by atoms with Gasteiger partial charge in [-0.2, -0.15) is 5.26 Å². The number of nitrogens with one attached hydrogen (secondary N) is 1. The van der Waals surface area contributed by atoms with E-state index in [4.69, 9.17) is 0 Å². The molecule has 0 saturated carbocycles. The zero-order valence-electron chi connectivity index (χ0n) is 11.2. The summed E-state index contributed by atoms with van der Waals surface area (Å²) in [6.07, 6.45) is 0. The maximum Gasteiger partial charge on any atom is 0.132 e. The van der Waals surface area contributed by atoms with Crippen LogP contribution in [-0.4, -0.2) is 9.97 Å². The van der Waals surface area contributed by atoms with Crippen LogP contribution in [0.5, 0.6) is 0 Å². The van der Waals surface area contributed by atoms with E-state index in [2.05, 4.69) is 16.0 Å². The number of nitriles is 1. The summed E-state index contributed by atoms with van der Waals surface area (Å²) in [7, 11) is 0. The van der Waals surface area contributed by atoms with Gasteiger partial charge in [0.15, 0.2) is 0 Å². The molecule has 0 radical (unpaired) electrons. The average molecular weight is 257 g/mol. The van der Waals surface area contributed by atoms with Gasteiger partial charge < -0.3 is 4.98 Å². The Labute approximate surface area is 112 Å². The van der Waals surface area contributed by atoms with Crippen molar-refractivity contribution in [3.8, 4) is 17.3 Å². The zero-order valence-corrected chi connectivity index (χ0v) is 11.2. The van der Waals surface area contributed by atoms with Gasteiger partial charge in [-0.1, -0.05) is 26.0 Å². The number of aromatic nitrogens is 2. The molecule has 0 amide bonds. The van der Waals surface area contributed by atoms with E-state index >= 15 is 0 Å². The fraction of sp³-hybridized carbons (Fsp3) is 0.333. The summed E-state index contributed by atoms with van der Waals surface area (Å²) in [4.78, 5) is 7.52. The summed E-state index contributed by atoms with van der Waals surface area (Å²) in [5, 5.41) is 9.19. The molecule has 2 rings (SSSR count). The predicted octanol–water partition coefficient (Wildman–Crippen LogP) is 3.79. The third-order valence-corrected chi connectivity index (χ3v) is 3.13. The van der Waals surface area contributed by atoms with Gasteiger partial charge in [0, 0.05) is 11.3 Å². The monoisotopic (exact) mass is 257 g/mol. The number of benzene rings is 1. The number of aromatic amines is 1. The summed E-state index contributed by atoms with van der Waals surface area (Å²) >= 11 is 0. The standard InChI is InChI=1S/C15H16FN3/c1-9(2)12(8-17)15-18-10(3)14(19-15)11-6-4-5-7-13(11)16/h4-7,9,12H,1-3H3,(H,18,19). The van der Waals surface area contributed by atoms with Gasteiger partial charge in [0.05, 0.1) is 11.8 Å². The largest absolute Gasteiger partial charge is 0.344 e. The van der Waals surface area contributed by atoms with Crippen LogP contribution >= 0.6 is 0 Å². The molecule has 0 aliphatic carbocycles. The highest BCUT2D eigenvalue weighted by Crippen LogP contribution is 2.28. The quantitative estimate of drug-likeness (QED) is 0.909. The number of nitrogens with zero attached hydrogens (tertiary/aromatic N) is 2. The van der Waals surface area contributed by atoms with Gasteiger partial charge in [-0.3, -0.25) is 0 Å². The van der Waals surface area contributed by atoms with E-state index in [-0.39, 0.29) is 17.7 Å². The predicted molar refractivity (Wildman–Crippen MR) is 71.9 cm³/mol. The first kappa shape index (κ1) is 13.3. The molecule has 1 unspecified atom stereocenters. The van der Waals surface area contributed by atoms with E-state index < -0.39 is 0 Å². The maximum atomic E-state index is 13.8. The van der Waals surface area contributed by atoms with Crippen LogP contribution in [0.15, 0.2) is 24.3 Å². The van der Waals surface area contributed by atoms with Crippen molar-refractivity contribution in [3.05, 3.63) is 41.6 Å². The van der Waals surface area contributed by atoms with Crippen LogP contribution in [0, 0.1) is 30.0 Å². The maximum absolute atomic E-state index is 13.8. The molecule has 0 saturated heterocycles. The van der Waals surface area contributed by atoms with Crippen LogP contribution in [-0.2, 0) is 0 Å². The van der Waals surface area contributed by atoms with Crippen LogP contribution in [0.2, 0.25) is 0 Å². The number of rotatable bonds is 3. The van der Waals surface area contributed by atoms with Crippen molar-refractivity contribution >= 4 is 0 Å². The van der Waals surface area contributed by atoms with Gasteiger partial charge >= 0.3 is 0 Å². The molecule has 98 valence electrons. The lowest BCUT2D eigenvalue weighted by Crippen LogP contribution is -2.06. The molecule has 19 heavy (non-hydrogen) atoms. The Bertz CT molecular complexity index is 623. The minimum atomic E-state index is -0.306. The van der Waals surface area contributed by atoms with Gasteiger partial charge in [-0.15, -0.1) is 0 Å². The van der Waals surface area contributed by atoms with Crippen molar-refractivity contribution in [1.29, 1.82) is 5.26 Å². The molecule has 1 atom stereocenters. The van der Waals surface area contributed by atoms with Crippen molar-refractivity contribution in [3.63, 3.8) is 0 Å². The highest BCUT2D eigenvalue weighted by Gasteiger charge is 2.21. The molecule has 1 aromatic heterocycles. The fourth-order valence-electron chi connectivity index (χ4n) is 2.07. The van der Waals surface area contributed by atoms with Gasteiger partial charge in [0.1, 0.15) is 17.6 Å². The first-order valence-electron chi connectivity index (χ1n) is 6.25. The molecule has 2 aromatic rings. The van der Waals surface area contributed by atoms with Gasteiger partial charge in [0.2, 0.25) is 0 Å². The first-order chi connectivity index (χ1) is 9.04. The fourth-order valence-corrected chi connectivity index (χ4v) is 2.07. The highest BCUT2D eigenvalue weighted by atomic mass is 19.1. The molecule has 0 aliphatic heterocycles. The third-order valence-electron chi connectivity index (χ3n) is 3.13. The number of aryl methyl sites for hydroxylation is 1. The van der Waals surface area contributed by atoms with E-state index in [9.17, 15) is 9.65 Å². The molecule has 1 N–H and O–H groups in total. The average Bonchev–Trinajstić information content (AvgIpc) is 2.72. The number of halogens is 1. The Morgan fingerprint density at radius 1 is 1.32 bits per heavy atom. The Morgan fingerprint density at radius 3 is 2.58 bits per heavy atom. The summed E-state index contributed by atoms with van der Waals surface area (Å²) in [5.74, 6) is 0.151. The van der Waals surface area contributed by atoms with Crippen molar-refractivity contribution < 1.29 is 4.39 Å². The van der Waals surface area contributed by atoms with Crippen molar-refractivity contribution in [2.75, 3.05) is 0 Å². The molecular weight excluding hydrogens is 241 g/mol. The summed E-state index contributed by atoms with van der Waals surface area (Å²) in [6.45, 7) is 5.77. The Hall–Kier alpha value is -2.15. The van der Waals surface area contributed by atoms with Gasteiger partial charge in [-0.25, -0.2) is 9.37 Å². The molecule has 0 aliphatic rings. The van der Waals surface area contributed by atoms with Crippen molar-refractivity contribution in [1.82, 2.24) is 9.97 Å². The molecule has 0 spiro atoms. The van der Waals surface area contributed by atoms with Crippen LogP contribution in [0.1, 0.15) is 31.3 Å². The summed E-state index contributed by atoms with van der Waals surface area (Å²) in [5.41, 5.74) is 1.82. The normalized spacial score (nSPS) is 12.4. The minimum absolute atomic E-state index is 0.157. The molecular formula is C15H16FN3. The lowest BCUT2D eigenvalue weighted by atomic mass is 9.97. The summed E-state index contributed by atoms with van der Waals surface area (Å²) in [6, 6.07) is 8.76. The van der Waals surface area contributed by atoms with Crippen LogP contribution in [0.4, 0.5) is 4.39 Å². The van der Waals surface area contributed by atoms with Crippen LogP contribution in [0.25, 0.3) is 11.3 Å². The number of hydrogen-bond donors (Lipinski definition) is 1. The molecule has 4 heteroatoms. The van der Waals surface area contributed by atoms with E-state index in [1.165, 1.54) is 6.07 Å². The van der Waals surface area contributed by atoms with Crippen molar-refractivity contribution in [2.45, 2.75) is 26.7 Å². The second-order valence-electron chi connectivity index (χ2n) is 4.93. The third kappa shape index (κ3) is 2.50. The second kappa shape index (κ2) is 5.23. The van der Waals surface area contributed by atoms with Gasteiger partial charge in [-0.05, 0) is 25.0 Å². The Balaban J connectivity index is 2.49.